The molecule has 4 saturated carbocycles. The molecule has 4 aliphatic carbocycles. The number of aliphatic hydroxyl groups excluding tert-OH is 1. The Balaban J connectivity index is 1.52. The molecule has 4 aliphatic rings. The van der Waals surface area contributed by atoms with Crippen molar-refractivity contribution in [2.45, 2.75) is 94.5 Å². The number of carbonyl (C=O) groups excluding carboxylic acids is 2. The molecule has 0 radical (unpaired) electrons. The Morgan fingerprint density at radius 2 is 1.84 bits per heavy atom. The molecule has 9 heteroatoms. The van der Waals surface area contributed by atoms with Gasteiger partial charge in [0.15, 0.2) is 5.78 Å². The average Bonchev–Trinajstić information content (AvgIpc) is 3.30. The molecule has 1 heterocycles. The molecule has 0 aliphatic heterocycles. The molecule has 32 heavy (non-hydrogen) atoms. The van der Waals surface area contributed by atoms with Crippen molar-refractivity contribution in [2.75, 3.05) is 0 Å². The summed E-state index contributed by atoms with van der Waals surface area (Å²) in [6.07, 6.45) is 6.54. The van der Waals surface area contributed by atoms with E-state index in [0.29, 0.717) is 51.4 Å². The van der Waals surface area contributed by atoms with Gasteiger partial charge in [0.1, 0.15) is 12.3 Å². The summed E-state index contributed by atoms with van der Waals surface area (Å²) in [5.74, 6) is -0.253. The molecule has 7 N–H and O–H groups in total. The molecule has 9 nitrogen and oxygen atoms in total. The quantitative estimate of drug-likeness (QED) is 0.517. The van der Waals surface area contributed by atoms with Crippen LogP contribution >= 0.6 is 0 Å². The number of rotatable bonds is 3. The van der Waals surface area contributed by atoms with Gasteiger partial charge < -0.3 is 22.3 Å². The lowest BCUT2D eigenvalue weighted by Crippen LogP contribution is -2.86. The molecule has 0 bridgehead atoms. The van der Waals surface area contributed by atoms with E-state index >= 15 is 0 Å². The number of aromatic nitrogens is 3. The van der Waals surface area contributed by atoms with E-state index in [2.05, 4.69) is 24.0 Å². The minimum Gasteiger partial charge on any atom is -0.391 e. The highest BCUT2D eigenvalue weighted by Crippen LogP contribution is 2.69. The SMILES string of the molecule is CC12C[C@H](O)[C@@]3(N)[C@@H](CC[C@@]4(N)CC(=O)CC[C@@]43C)[C@]1(N)CC[C@@H]2C(=O)Cn1nccn1. The number of aliphatic hydroxyl groups is 1. The van der Waals surface area contributed by atoms with Crippen LogP contribution in [0.2, 0.25) is 0 Å². The topological polar surface area (TPSA) is 163 Å². The van der Waals surface area contributed by atoms with Crippen LogP contribution in [0.4, 0.5) is 0 Å². The van der Waals surface area contributed by atoms with Crippen LogP contribution in [-0.4, -0.2) is 54.4 Å². The normalized spacial score (nSPS) is 50.4. The van der Waals surface area contributed by atoms with Crippen molar-refractivity contribution < 1.29 is 14.7 Å². The lowest BCUT2D eigenvalue weighted by atomic mass is 9.37. The van der Waals surface area contributed by atoms with E-state index in [-0.39, 0.29) is 29.9 Å². The fraction of sp³-hybridized carbons (Fsp3) is 0.826. The number of fused-ring (bicyclic) bond motifs is 5. The number of hydrogen-bond acceptors (Lipinski definition) is 8. The van der Waals surface area contributed by atoms with Gasteiger partial charge in [-0.2, -0.15) is 15.0 Å². The van der Waals surface area contributed by atoms with Gasteiger partial charge in [0.25, 0.3) is 0 Å². The molecule has 1 unspecified atom stereocenters. The Morgan fingerprint density at radius 3 is 2.53 bits per heavy atom. The van der Waals surface area contributed by atoms with Crippen molar-refractivity contribution >= 4 is 11.6 Å². The number of nitrogens with two attached hydrogens (primary N) is 3. The van der Waals surface area contributed by atoms with Gasteiger partial charge in [-0.05, 0) is 49.9 Å². The molecule has 0 amide bonds. The Bertz CT molecular complexity index is 954. The Labute approximate surface area is 188 Å². The van der Waals surface area contributed by atoms with Crippen molar-refractivity contribution in [3.8, 4) is 0 Å². The van der Waals surface area contributed by atoms with Crippen molar-refractivity contribution in [3.05, 3.63) is 12.4 Å². The molecule has 0 aromatic carbocycles. The van der Waals surface area contributed by atoms with E-state index in [0.717, 1.165) is 0 Å². The second kappa shape index (κ2) is 6.68. The van der Waals surface area contributed by atoms with E-state index in [1.165, 1.54) is 4.80 Å². The van der Waals surface area contributed by atoms with Crippen molar-refractivity contribution in [2.24, 2.45) is 39.9 Å². The van der Waals surface area contributed by atoms with Gasteiger partial charge >= 0.3 is 0 Å². The summed E-state index contributed by atoms with van der Waals surface area (Å²) in [6, 6.07) is 0. The van der Waals surface area contributed by atoms with Gasteiger partial charge in [0, 0.05) is 35.3 Å². The molecular weight excluding hydrogens is 408 g/mol. The summed E-state index contributed by atoms with van der Waals surface area (Å²) in [4.78, 5) is 27.0. The first-order chi connectivity index (χ1) is 14.9. The van der Waals surface area contributed by atoms with Gasteiger partial charge in [-0.3, -0.25) is 9.59 Å². The van der Waals surface area contributed by atoms with Crippen LogP contribution < -0.4 is 17.2 Å². The predicted molar refractivity (Wildman–Crippen MR) is 117 cm³/mol. The summed E-state index contributed by atoms with van der Waals surface area (Å²) < 4.78 is 0. The van der Waals surface area contributed by atoms with E-state index in [1.807, 2.05) is 0 Å². The third kappa shape index (κ3) is 2.48. The van der Waals surface area contributed by atoms with E-state index in [1.54, 1.807) is 12.4 Å². The zero-order valence-corrected chi connectivity index (χ0v) is 19.1. The summed E-state index contributed by atoms with van der Waals surface area (Å²) in [5.41, 5.74) is 17.8. The third-order valence-electron chi connectivity index (χ3n) is 10.5. The second-order valence-corrected chi connectivity index (χ2v) is 11.5. The minimum absolute atomic E-state index is 0.0474. The maximum atomic E-state index is 13.3. The molecule has 176 valence electrons. The van der Waals surface area contributed by atoms with Crippen molar-refractivity contribution in [1.29, 1.82) is 0 Å². The highest BCUT2D eigenvalue weighted by Gasteiger charge is 2.76. The maximum absolute atomic E-state index is 13.3. The average molecular weight is 445 g/mol. The van der Waals surface area contributed by atoms with E-state index in [4.69, 9.17) is 17.2 Å². The van der Waals surface area contributed by atoms with Crippen molar-refractivity contribution in [3.63, 3.8) is 0 Å². The van der Waals surface area contributed by atoms with Gasteiger partial charge in [0.05, 0.1) is 24.0 Å². The van der Waals surface area contributed by atoms with Gasteiger partial charge in [-0.15, -0.1) is 0 Å². The summed E-state index contributed by atoms with van der Waals surface area (Å²) in [6.45, 7) is 4.21. The number of ketones is 2. The number of Topliss-reactive ketones (excluding diaryl/α,β-unsaturated/α-hetero) is 2. The lowest BCUT2D eigenvalue weighted by Gasteiger charge is -2.72. The van der Waals surface area contributed by atoms with Crippen LogP contribution in [0.25, 0.3) is 0 Å². The van der Waals surface area contributed by atoms with Crippen molar-refractivity contribution in [1.82, 2.24) is 15.0 Å². The second-order valence-electron chi connectivity index (χ2n) is 11.5. The largest absolute Gasteiger partial charge is 0.391 e. The van der Waals surface area contributed by atoms with E-state index < -0.39 is 33.6 Å². The maximum Gasteiger partial charge on any atom is 0.159 e. The zero-order chi connectivity index (χ0) is 23.2. The monoisotopic (exact) mass is 444 g/mol. The smallest absolute Gasteiger partial charge is 0.159 e. The highest BCUT2D eigenvalue weighted by molar-refractivity contribution is 5.83. The molecule has 0 spiro atoms. The predicted octanol–water partition coefficient (Wildman–Crippen LogP) is 0.290. The summed E-state index contributed by atoms with van der Waals surface area (Å²) in [5, 5.41) is 19.8. The lowest BCUT2D eigenvalue weighted by molar-refractivity contribution is -0.199. The third-order valence-corrected chi connectivity index (χ3v) is 10.5. The highest BCUT2D eigenvalue weighted by atomic mass is 16.3. The van der Waals surface area contributed by atoms with Gasteiger partial charge in [-0.25, -0.2) is 0 Å². The first-order valence-electron chi connectivity index (χ1n) is 11.8. The standard InChI is InChI=1S/C23H36N6O3/c1-19-12-18(32)23(26)17(5-7-21(24)11-14(30)3-6-20(21,23)2)22(19,25)8-4-15(19)16(31)13-29-27-9-10-28-29/h9-10,15,17-18,32H,3-8,11-13,24-26H2,1-2H3/t15-,17+,18+,19?,20+,21-,22-,23+/m1/s1. The summed E-state index contributed by atoms with van der Waals surface area (Å²) >= 11 is 0. The van der Waals surface area contributed by atoms with Gasteiger partial charge in [-0.1, -0.05) is 13.8 Å². The molecule has 1 aromatic rings. The molecular formula is C23H36N6O3. The van der Waals surface area contributed by atoms with Crippen LogP contribution in [0.1, 0.15) is 65.2 Å². The van der Waals surface area contributed by atoms with E-state index in [9.17, 15) is 14.7 Å². The van der Waals surface area contributed by atoms with Crippen LogP contribution in [0.3, 0.4) is 0 Å². The number of nitrogens with zero attached hydrogens (tertiary/aromatic N) is 3. The van der Waals surface area contributed by atoms with Crippen LogP contribution in [0, 0.1) is 22.7 Å². The minimum atomic E-state index is -1.00. The van der Waals surface area contributed by atoms with Gasteiger partial charge in [0.2, 0.25) is 0 Å². The Hall–Kier alpha value is -1.68. The Kier molecular flexibility index (Phi) is 4.62. The Morgan fingerprint density at radius 1 is 1.16 bits per heavy atom. The van der Waals surface area contributed by atoms with Crippen LogP contribution in [0.5, 0.6) is 0 Å². The first kappa shape index (κ1) is 22.1. The summed E-state index contributed by atoms with van der Waals surface area (Å²) in [7, 11) is 0. The fourth-order valence-electron chi connectivity index (χ4n) is 8.47. The molecule has 5 rings (SSSR count). The zero-order valence-electron chi connectivity index (χ0n) is 19.1. The molecule has 8 atom stereocenters. The van der Waals surface area contributed by atoms with Crippen LogP contribution in [0.15, 0.2) is 12.4 Å². The number of carbonyl (C=O) groups is 2. The molecule has 1 aromatic heterocycles. The molecule has 4 fully saturated rings. The molecule has 0 saturated heterocycles. The number of hydrogen-bond donors (Lipinski definition) is 4. The fourth-order valence-corrected chi connectivity index (χ4v) is 8.47. The first-order valence-corrected chi connectivity index (χ1v) is 11.8. The van der Waals surface area contributed by atoms with Crippen LogP contribution in [-0.2, 0) is 16.1 Å².